The normalized spacial score (nSPS) is 11.3. The number of anilines is 1. The third-order valence-electron chi connectivity index (χ3n) is 4.77. The van der Waals surface area contributed by atoms with Crippen molar-refractivity contribution in [2.75, 3.05) is 12.3 Å². The van der Waals surface area contributed by atoms with Crippen molar-refractivity contribution >= 4 is 35.1 Å². The number of ether oxygens (including phenoxy) is 1. The van der Waals surface area contributed by atoms with Gasteiger partial charge in [0, 0.05) is 10.6 Å². The van der Waals surface area contributed by atoms with Gasteiger partial charge in [0.05, 0.1) is 11.4 Å². The minimum absolute atomic E-state index is 0.00920. The molecule has 184 valence electrons. The first-order chi connectivity index (χ1) is 17.4. The molecule has 13 nitrogen and oxygen atoms in total. The maximum Gasteiger partial charge on any atom is 0.293 e. The number of nitrogen functional groups attached to an aromatic ring is 1. The average Bonchev–Trinajstić information content (AvgIpc) is 3.51. The van der Waals surface area contributed by atoms with Crippen molar-refractivity contribution in [3.8, 4) is 11.6 Å². The van der Waals surface area contributed by atoms with Gasteiger partial charge in [0.1, 0.15) is 5.75 Å². The Morgan fingerprint density at radius 2 is 1.89 bits per heavy atom. The zero-order valence-electron chi connectivity index (χ0n) is 19.0. The lowest BCUT2D eigenvalue weighted by Crippen LogP contribution is -2.21. The summed E-state index contributed by atoms with van der Waals surface area (Å²) in [5.74, 6) is -0.186. The van der Waals surface area contributed by atoms with E-state index in [4.69, 9.17) is 16.2 Å². The Balaban J connectivity index is 1.52. The SMILES string of the molecule is C/C(=N\NC(=O)c1nnn(-c2nonc2N)c1CSc1ccccc1)c1ccc(OCC(N)=O)cc1. The molecule has 0 bridgehead atoms. The number of thioether (sulfide) groups is 1. The predicted octanol–water partition coefficient (Wildman–Crippen LogP) is 1.54. The van der Waals surface area contributed by atoms with Crippen LogP contribution in [0.25, 0.3) is 5.82 Å². The van der Waals surface area contributed by atoms with E-state index in [1.54, 1.807) is 31.2 Å². The van der Waals surface area contributed by atoms with E-state index in [0.717, 1.165) is 10.5 Å². The number of nitrogens with one attached hydrogen (secondary N) is 1. The molecule has 14 heteroatoms. The van der Waals surface area contributed by atoms with Gasteiger partial charge in [-0.15, -0.1) is 16.9 Å². The second-order valence-corrected chi connectivity index (χ2v) is 8.34. The summed E-state index contributed by atoms with van der Waals surface area (Å²) in [7, 11) is 0. The highest BCUT2D eigenvalue weighted by atomic mass is 32.2. The van der Waals surface area contributed by atoms with Crippen molar-refractivity contribution in [2.24, 2.45) is 10.8 Å². The number of aromatic nitrogens is 5. The molecular formula is C22H21N9O4S. The Kier molecular flexibility index (Phi) is 7.55. The lowest BCUT2D eigenvalue weighted by molar-refractivity contribution is -0.119. The molecule has 4 rings (SSSR count). The van der Waals surface area contributed by atoms with E-state index in [1.165, 1.54) is 16.4 Å². The van der Waals surface area contributed by atoms with Crippen LogP contribution in [0, 0.1) is 0 Å². The smallest absolute Gasteiger partial charge is 0.293 e. The van der Waals surface area contributed by atoms with Crippen molar-refractivity contribution in [3.05, 3.63) is 71.5 Å². The first-order valence-electron chi connectivity index (χ1n) is 10.5. The fraction of sp³-hybridized carbons (Fsp3) is 0.136. The summed E-state index contributed by atoms with van der Waals surface area (Å²) in [6.07, 6.45) is 0. The van der Waals surface area contributed by atoms with E-state index in [1.807, 2.05) is 30.3 Å². The predicted molar refractivity (Wildman–Crippen MR) is 130 cm³/mol. The third kappa shape index (κ3) is 5.85. The highest BCUT2D eigenvalue weighted by Crippen LogP contribution is 2.25. The summed E-state index contributed by atoms with van der Waals surface area (Å²) < 4.78 is 11.2. The first-order valence-corrected chi connectivity index (χ1v) is 11.5. The van der Waals surface area contributed by atoms with Gasteiger partial charge in [-0.25, -0.2) is 10.1 Å². The van der Waals surface area contributed by atoms with Crippen LogP contribution in [0.5, 0.6) is 5.75 Å². The third-order valence-corrected chi connectivity index (χ3v) is 5.79. The fourth-order valence-electron chi connectivity index (χ4n) is 2.98. The molecule has 0 saturated heterocycles. The van der Waals surface area contributed by atoms with Crippen molar-refractivity contribution in [3.63, 3.8) is 0 Å². The van der Waals surface area contributed by atoms with E-state index in [0.29, 0.717) is 22.9 Å². The highest BCUT2D eigenvalue weighted by molar-refractivity contribution is 7.98. The largest absolute Gasteiger partial charge is 0.484 e. The highest BCUT2D eigenvalue weighted by Gasteiger charge is 2.24. The topological polar surface area (TPSA) is 189 Å². The summed E-state index contributed by atoms with van der Waals surface area (Å²) in [5.41, 5.74) is 15.2. The lowest BCUT2D eigenvalue weighted by Gasteiger charge is -2.07. The zero-order valence-corrected chi connectivity index (χ0v) is 19.8. The molecule has 0 saturated carbocycles. The van der Waals surface area contributed by atoms with Gasteiger partial charge in [-0.1, -0.05) is 23.4 Å². The van der Waals surface area contributed by atoms with Crippen LogP contribution in [0.1, 0.15) is 28.7 Å². The number of nitrogens with zero attached hydrogens (tertiary/aromatic N) is 6. The molecule has 0 aliphatic rings. The number of carbonyl (C=O) groups excluding carboxylic acids is 2. The number of hydrogen-bond donors (Lipinski definition) is 3. The summed E-state index contributed by atoms with van der Waals surface area (Å²) in [6, 6.07) is 16.4. The molecule has 0 aliphatic carbocycles. The van der Waals surface area contributed by atoms with Gasteiger partial charge in [-0.3, -0.25) is 9.59 Å². The minimum Gasteiger partial charge on any atom is -0.484 e. The molecule has 0 fully saturated rings. The standard InChI is InChI=1S/C22H21N9O4S/c1-13(14-7-9-15(10-8-14)34-11-18(23)32)25-27-22(33)19-17(12-36-16-5-3-2-4-6-16)31(30-26-19)21-20(24)28-35-29-21/h2-10H,11-12H2,1H3,(H2,23,32)(H2,24,28)(H,27,33)/b25-13+. The summed E-state index contributed by atoms with van der Waals surface area (Å²) >= 11 is 1.48. The molecule has 2 heterocycles. The quantitative estimate of drug-likeness (QED) is 0.161. The molecular weight excluding hydrogens is 486 g/mol. The van der Waals surface area contributed by atoms with Crippen LogP contribution in [0.2, 0.25) is 0 Å². The van der Waals surface area contributed by atoms with Crippen LogP contribution in [0.3, 0.4) is 0 Å². The fourth-order valence-corrected chi connectivity index (χ4v) is 3.89. The number of hydrogen-bond acceptors (Lipinski definition) is 11. The number of hydrazone groups is 1. The first kappa shape index (κ1) is 24.4. The molecule has 0 aliphatic heterocycles. The number of benzene rings is 2. The molecule has 0 atom stereocenters. The van der Waals surface area contributed by atoms with Crippen LogP contribution in [0.15, 0.2) is 69.2 Å². The second kappa shape index (κ2) is 11.1. The van der Waals surface area contributed by atoms with Crippen molar-refractivity contribution < 1.29 is 19.0 Å². The van der Waals surface area contributed by atoms with Gasteiger partial charge in [0.25, 0.3) is 11.8 Å². The molecule has 2 aromatic heterocycles. The van der Waals surface area contributed by atoms with Crippen LogP contribution in [0.4, 0.5) is 5.82 Å². The molecule has 0 radical (unpaired) electrons. The van der Waals surface area contributed by atoms with E-state index < -0.39 is 11.8 Å². The van der Waals surface area contributed by atoms with Crippen molar-refractivity contribution in [1.82, 2.24) is 30.7 Å². The number of amides is 2. The van der Waals surface area contributed by atoms with E-state index in [-0.39, 0.29) is 23.9 Å². The monoisotopic (exact) mass is 507 g/mol. The summed E-state index contributed by atoms with van der Waals surface area (Å²) in [5, 5.41) is 19.6. The molecule has 2 amide bonds. The summed E-state index contributed by atoms with van der Waals surface area (Å²) in [4.78, 5) is 24.8. The molecule has 0 unspecified atom stereocenters. The second-order valence-electron chi connectivity index (χ2n) is 7.29. The number of primary amides is 1. The van der Waals surface area contributed by atoms with Crippen LogP contribution in [-0.2, 0) is 10.5 Å². The molecule has 0 spiro atoms. The van der Waals surface area contributed by atoms with Gasteiger partial charge in [-0.05, 0) is 59.2 Å². The Bertz CT molecular complexity index is 1380. The van der Waals surface area contributed by atoms with E-state index >= 15 is 0 Å². The Morgan fingerprint density at radius 1 is 1.14 bits per heavy atom. The van der Waals surface area contributed by atoms with Gasteiger partial charge in [0.15, 0.2) is 12.3 Å². The van der Waals surface area contributed by atoms with Crippen molar-refractivity contribution in [1.29, 1.82) is 0 Å². The maximum absolute atomic E-state index is 13.0. The van der Waals surface area contributed by atoms with Crippen LogP contribution >= 0.6 is 11.8 Å². The molecule has 36 heavy (non-hydrogen) atoms. The zero-order chi connectivity index (χ0) is 25.5. The van der Waals surface area contributed by atoms with Gasteiger partial charge in [-0.2, -0.15) is 9.78 Å². The number of rotatable bonds is 10. The molecule has 5 N–H and O–H groups in total. The molecule has 4 aromatic rings. The summed E-state index contributed by atoms with van der Waals surface area (Å²) in [6.45, 7) is 1.51. The Morgan fingerprint density at radius 3 is 2.56 bits per heavy atom. The van der Waals surface area contributed by atoms with Gasteiger partial charge < -0.3 is 16.2 Å². The lowest BCUT2D eigenvalue weighted by atomic mass is 10.1. The van der Waals surface area contributed by atoms with Crippen LogP contribution < -0.4 is 21.6 Å². The van der Waals surface area contributed by atoms with Gasteiger partial charge >= 0.3 is 0 Å². The van der Waals surface area contributed by atoms with E-state index in [9.17, 15) is 9.59 Å². The Hall–Kier alpha value is -4.72. The average molecular weight is 508 g/mol. The minimum atomic E-state index is -0.569. The Labute approximate surface area is 208 Å². The van der Waals surface area contributed by atoms with E-state index in [2.05, 4.69) is 35.8 Å². The van der Waals surface area contributed by atoms with Crippen LogP contribution in [-0.4, -0.2) is 49.4 Å². The van der Waals surface area contributed by atoms with Gasteiger partial charge in [0.2, 0.25) is 11.6 Å². The van der Waals surface area contributed by atoms with Crippen molar-refractivity contribution in [2.45, 2.75) is 17.6 Å². The number of carbonyl (C=O) groups is 2. The molecule has 2 aromatic carbocycles. The number of nitrogens with two attached hydrogens (primary N) is 2. The maximum atomic E-state index is 13.0.